The van der Waals surface area contributed by atoms with E-state index in [4.69, 9.17) is 9.72 Å². The lowest BCUT2D eigenvalue weighted by Crippen LogP contribution is -2.24. The SMILES string of the molecule is CNc1nc(C2(C)CCCO2)nc(-c2ccccc2)c1I. The van der Waals surface area contributed by atoms with E-state index >= 15 is 0 Å². The number of benzene rings is 1. The summed E-state index contributed by atoms with van der Waals surface area (Å²) in [6, 6.07) is 10.2. The van der Waals surface area contributed by atoms with Gasteiger partial charge in [-0.1, -0.05) is 30.3 Å². The number of anilines is 1. The van der Waals surface area contributed by atoms with E-state index in [1.807, 2.05) is 25.2 Å². The first-order chi connectivity index (χ1) is 10.1. The van der Waals surface area contributed by atoms with Gasteiger partial charge in [0.05, 0.1) is 9.26 Å². The molecule has 0 bridgehead atoms. The van der Waals surface area contributed by atoms with Crippen LogP contribution in [0, 0.1) is 3.57 Å². The van der Waals surface area contributed by atoms with Crippen molar-refractivity contribution in [1.82, 2.24) is 9.97 Å². The van der Waals surface area contributed by atoms with Crippen molar-refractivity contribution in [2.45, 2.75) is 25.4 Å². The highest BCUT2D eigenvalue weighted by Crippen LogP contribution is 2.37. The van der Waals surface area contributed by atoms with Crippen molar-refractivity contribution in [3.8, 4) is 11.3 Å². The Labute approximate surface area is 138 Å². The largest absolute Gasteiger partial charge is 0.372 e. The van der Waals surface area contributed by atoms with Gasteiger partial charge < -0.3 is 10.1 Å². The van der Waals surface area contributed by atoms with Gasteiger partial charge in [-0.15, -0.1) is 0 Å². The van der Waals surface area contributed by atoms with Gasteiger partial charge in [-0.05, 0) is 42.4 Å². The first-order valence-corrected chi connectivity index (χ1v) is 8.17. The number of aromatic nitrogens is 2. The minimum absolute atomic E-state index is 0.376. The molecule has 0 saturated carbocycles. The molecule has 0 radical (unpaired) electrons. The summed E-state index contributed by atoms with van der Waals surface area (Å²) >= 11 is 2.30. The first kappa shape index (κ1) is 14.7. The van der Waals surface area contributed by atoms with Gasteiger partial charge in [0.15, 0.2) is 5.82 Å². The Bertz CT molecular complexity index is 639. The highest BCUT2D eigenvalue weighted by Gasteiger charge is 2.36. The fraction of sp³-hybridized carbons (Fsp3) is 0.375. The van der Waals surface area contributed by atoms with Crippen LogP contribution in [0.5, 0.6) is 0 Å². The van der Waals surface area contributed by atoms with Gasteiger partial charge in [-0.25, -0.2) is 9.97 Å². The Hall–Kier alpha value is -1.21. The maximum atomic E-state index is 5.90. The number of halogens is 1. The number of ether oxygens (including phenoxy) is 1. The van der Waals surface area contributed by atoms with E-state index < -0.39 is 0 Å². The van der Waals surface area contributed by atoms with E-state index in [0.29, 0.717) is 0 Å². The molecule has 3 rings (SSSR count). The van der Waals surface area contributed by atoms with E-state index in [9.17, 15) is 0 Å². The van der Waals surface area contributed by atoms with E-state index in [1.165, 1.54) is 0 Å². The number of nitrogens with one attached hydrogen (secondary N) is 1. The number of rotatable bonds is 3. The standard InChI is InChI=1S/C16H18IN3O/c1-16(9-6-10-21-16)15-19-13(11-7-4-3-5-8-11)12(17)14(18-2)20-15/h3-5,7-8H,6,9-10H2,1-2H3,(H,18,19,20). The van der Waals surface area contributed by atoms with Crippen molar-refractivity contribution in [1.29, 1.82) is 0 Å². The zero-order valence-corrected chi connectivity index (χ0v) is 14.3. The topological polar surface area (TPSA) is 47.0 Å². The molecule has 2 aromatic rings. The van der Waals surface area contributed by atoms with Crippen LogP contribution < -0.4 is 5.32 Å². The van der Waals surface area contributed by atoms with Crippen LogP contribution in [0.25, 0.3) is 11.3 Å². The summed E-state index contributed by atoms with van der Waals surface area (Å²) in [7, 11) is 1.89. The molecule has 2 heterocycles. The minimum atomic E-state index is -0.376. The third-order valence-electron chi connectivity index (χ3n) is 3.83. The molecule has 1 aliphatic heterocycles. The Morgan fingerprint density at radius 2 is 2.00 bits per heavy atom. The summed E-state index contributed by atoms with van der Waals surface area (Å²) < 4.78 is 6.94. The lowest BCUT2D eigenvalue weighted by Gasteiger charge is -2.23. The first-order valence-electron chi connectivity index (χ1n) is 7.09. The van der Waals surface area contributed by atoms with Crippen molar-refractivity contribution in [3.63, 3.8) is 0 Å². The van der Waals surface area contributed by atoms with Crippen LogP contribution in [0.15, 0.2) is 30.3 Å². The van der Waals surface area contributed by atoms with Crippen LogP contribution in [-0.4, -0.2) is 23.6 Å². The monoisotopic (exact) mass is 395 g/mol. The van der Waals surface area contributed by atoms with Gasteiger partial charge in [0.25, 0.3) is 0 Å². The molecule has 1 atom stereocenters. The van der Waals surface area contributed by atoms with Crippen LogP contribution in [0.2, 0.25) is 0 Å². The fourth-order valence-corrected chi connectivity index (χ4v) is 3.41. The summed E-state index contributed by atoms with van der Waals surface area (Å²) in [4.78, 5) is 9.50. The molecule has 1 aromatic heterocycles. The molecule has 1 unspecified atom stereocenters. The van der Waals surface area contributed by atoms with E-state index in [0.717, 1.165) is 45.9 Å². The molecule has 1 N–H and O–H groups in total. The van der Waals surface area contributed by atoms with Gasteiger partial charge in [0.2, 0.25) is 0 Å². The second kappa shape index (κ2) is 5.88. The molecule has 1 aliphatic rings. The molecule has 0 amide bonds. The van der Waals surface area contributed by atoms with E-state index in [1.54, 1.807) is 0 Å². The Balaban J connectivity index is 2.15. The molecule has 5 heteroatoms. The van der Waals surface area contributed by atoms with Crippen LogP contribution >= 0.6 is 22.6 Å². The van der Waals surface area contributed by atoms with Crippen LogP contribution in [0.1, 0.15) is 25.6 Å². The Morgan fingerprint density at radius 3 is 2.62 bits per heavy atom. The number of hydrogen-bond acceptors (Lipinski definition) is 4. The normalized spacial score (nSPS) is 21.5. The van der Waals surface area contributed by atoms with Gasteiger partial charge in [0.1, 0.15) is 11.4 Å². The fourth-order valence-electron chi connectivity index (χ4n) is 2.59. The predicted octanol–water partition coefficient (Wildman–Crippen LogP) is 3.82. The lowest BCUT2D eigenvalue weighted by atomic mass is 10.0. The molecule has 1 aromatic carbocycles. The van der Waals surface area contributed by atoms with Crippen LogP contribution in [0.4, 0.5) is 5.82 Å². The minimum Gasteiger partial charge on any atom is -0.372 e. The smallest absolute Gasteiger partial charge is 0.163 e. The maximum Gasteiger partial charge on any atom is 0.163 e. The third-order valence-corrected chi connectivity index (χ3v) is 4.85. The maximum absolute atomic E-state index is 5.90. The summed E-state index contributed by atoms with van der Waals surface area (Å²) in [5.74, 6) is 1.62. The quantitative estimate of drug-likeness (QED) is 0.803. The van der Waals surface area contributed by atoms with Crippen LogP contribution in [0.3, 0.4) is 0 Å². The van der Waals surface area contributed by atoms with Gasteiger partial charge in [-0.3, -0.25) is 0 Å². The molecule has 0 aliphatic carbocycles. The predicted molar refractivity (Wildman–Crippen MR) is 92.3 cm³/mol. The molecule has 4 nitrogen and oxygen atoms in total. The number of hydrogen-bond donors (Lipinski definition) is 1. The van der Waals surface area contributed by atoms with Gasteiger partial charge >= 0.3 is 0 Å². The highest BCUT2D eigenvalue weighted by atomic mass is 127. The van der Waals surface area contributed by atoms with Crippen molar-refractivity contribution in [2.24, 2.45) is 0 Å². The highest BCUT2D eigenvalue weighted by molar-refractivity contribution is 14.1. The number of nitrogens with zero attached hydrogens (tertiary/aromatic N) is 2. The molecule has 110 valence electrons. The molecule has 1 fully saturated rings. The molecular weight excluding hydrogens is 377 g/mol. The Kier molecular flexibility index (Phi) is 4.12. The Morgan fingerprint density at radius 1 is 1.24 bits per heavy atom. The van der Waals surface area contributed by atoms with Crippen molar-refractivity contribution in [3.05, 3.63) is 39.7 Å². The average Bonchev–Trinajstić information content (AvgIpc) is 2.96. The van der Waals surface area contributed by atoms with E-state index in [-0.39, 0.29) is 5.60 Å². The second-order valence-corrected chi connectivity index (χ2v) is 6.44. The van der Waals surface area contributed by atoms with E-state index in [2.05, 4.69) is 51.9 Å². The summed E-state index contributed by atoms with van der Waals surface area (Å²) in [6.45, 7) is 2.86. The van der Waals surface area contributed by atoms with Gasteiger partial charge in [-0.2, -0.15) is 0 Å². The molecule has 1 saturated heterocycles. The van der Waals surface area contributed by atoms with Gasteiger partial charge in [0, 0.05) is 19.2 Å². The summed E-state index contributed by atoms with van der Waals surface area (Å²) in [5, 5.41) is 3.17. The second-order valence-electron chi connectivity index (χ2n) is 5.36. The zero-order valence-electron chi connectivity index (χ0n) is 12.2. The molecule has 0 spiro atoms. The van der Waals surface area contributed by atoms with Crippen molar-refractivity contribution < 1.29 is 4.74 Å². The third kappa shape index (κ3) is 2.76. The van der Waals surface area contributed by atoms with Crippen molar-refractivity contribution >= 4 is 28.4 Å². The average molecular weight is 395 g/mol. The summed E-state index contributed by atoms with van der Waals surface area (Å²) in [5.41, 5.74) is 1.69. The summed E-state index contributed by atoms with van der Waals surface area (Å²) in [6.07, 6.45) is 2.02. The van der Waals surface area contributed by atoms with Crippen molar-refractivity contribution in [2.75, 3.05) is 19.0 Å². The molecular formula is C16H18IN3O. The zero-order chi connectivity index (χ0) is 14.9. The lowest BCUT2D eigenvalue weighted by molar-refractivity contribution is 0.00951. The van der Waals surface area contributed by atoms with Crippen LogP contribution in [-0.2, 0) is 10.3 Å². The molecule has 21 heavy (non-hydrogen) atoms.